The summed E-state index contributed by atoms with van der Waals surface area (Å²) in [6, 6.07) is 2.00. The minimum absolute atomic E-state index is 0.0393. The van der Waals surface area contributed by atoms with Gasteiger partial charge in [-0.3, -0.25) is 9.48 Å². The molecular formula is C13H22BrN3O. The highest BCUT2D eigenvalue weighted by Gasteiger charge is 2.17. The smallest absolute Gasteiger partial charge is 0.269 e. The number of aryl methyl sites for hydroxylation is 2. The van der Waals surface area contributed by atoms with Crippen LogP contribution < -0.4 is 5.32 Å². The molecule has 0 fully saturated rings. The molecule has 1 rings (SSSR count). The molecule has 1 aromatic heterocycles. The zero-order valence-electron chi connectivity index (χ0n) is 11.5. The van der Waals surface area contributed by atoms with Gasteiger partial charge in [-0.1, -0.05) is 29.8 Å². The van der Waals surface area contributed by atoms with Crippen LogP contribution in [0.3, 0.4) is 0 Å². The van der Waals surface area contributed by atoms with Crippen LogP contribution >= 0.6 is 15.9 Å². The fraction of sp³-hybridized carbons (Fsp3) is 0.692. The second-order valence-electron chi connectivity index (χ2n) is 4.94. The van der Waals surface area contributed by atoms with Gasteiger partial charge in [0.2, 0.25) is 0 Å². The van der Waals surface area contributed by atoms with E-state index in [1.54, 1.807) is 4.68 Å². The molecule has 1 unspecified atom stereocenters. The van der Waals surface area contributed by atoms with Gasteiger partial charge in [0.15, 0.2) is 0 Å². The normalized spacial score (nSPS) is 12.8. The summed E-state index contributed by atoms with van der Waals surface area (Å²) in [4.78, 5) is 12.2. The van der Waals surface area contributed by atoms with Crippen LogP contribution in [0.5, 0.6) is 0 Å². The molecule has 0 aliphatic carbocycles. The summed E-state index contributed by atoms with van der Waals surface area (Å²) in [5.41, 5.74) is 1.52. The monoisotopic (exact) mass is 315 g/mol. The Labute approximate surface area is 117 Å². The molecule has 18 heavy (non-hydrogen) atoms. The Morgan fingerprint density at radius 3 is 2.72 bits per heavy atom. The van der Waals surface area contributed by atoms with Crippen LogP contribution in [0.4, 0.5) is 0 Å². The van der Waals surface area contributed by atoms with Gasteiger partial charge in [0.05, 0.1) is 5.69 Å². The zero-order chi connectivity index (χ0) is 13.7. The number of halogens is 1. The average Bonchev–Trinajstić information content (AvgIpc) is 2.69. The molecule has 0 aliphatic rings. The summed E-state index contributed by atoms with van der Waals surface area (Å²) >= 11 is 3.45. The van der Waals surface area contributed by atoms with Crippen LogP contribution in [0.1, 0.15) is 43.4 Å². The molecule has 4 nitrogen and oxygen atoms in total. The molecule has 1 heterocycles. The summed E-state index contributed by atoms with van der Waals surface area (Å²) in [5.74, 6) is 0.522. The van der Waals surface area contributed by atoms with Gasteiger partial charge in [-0.15, -0.1) is 0 Å². The number of alkyl halides is 1. The van der Waals surface area contributed by atoms with Gasteiger partial charge < -0.3 is 5.32 Å². The lowest BCUT2D eigenvalue weighted by Gasteiger charge is -2.18. The third-order valence-corrected chi connectivity index (χ3v) is 3.49. The predicted molar refractivity (Wildman–Crippen MR) is 77.1 cm³/mol. The van der Waals surface area contributed by atoms with E-state index in [0.717, 1.165) is 17.4 Å². The largest absolute Gasteiger partial charge is 0.347 e. The summed E-state index contributed by atoms with van der Waals surface area (Å²) < 4.78 is 1.74. The quantitative estimate of drug-likeness (QED) is 0.820. The number of carbonyl (C=O) groups excluding carboxylic acids is 1. The Morgan fingerprint density at radius 2 is 2.22 bits per heavy atom. The van der Waals surface area contributed by atoms with E-state index in [2.05, 4.69) is 40.2 Å². The third-order valence-electron chi connectivity index (χ3n) is 2.71. The molecular weight excluding hydrogens is 294 g/mol. The molecule has 0 bridgehead atoms. The minimum atomic E-state index is -0.0393. The number of amides is 1. The van der Waals surface area contributed by atoms with E-state index in [-0.39, 0.29) is 11.9 Å². The zero-order valence-corrected chi connectivity index (χ0v) is 13.1. The van der Waals surface area contributed by atoms with Crippen molar-refractivity contribution in [2.45, 2.75) is 46.7 Å². The third kappa shape index (κ3) is 4.12. The minimum Gasteiger partial charge on any atom is -0.347 e. The van der Waals surface area contributed by atoms with Crippen molar-refractivity contribution in [2.75, 3.05) is 5.33 Å². The first-order valence-corrected chi connectivity index (χ1v) is 7.51. The van der Waals surface area contributed by atoms with Crippen LogP contribution in [0.15, 0.2) is 6.07 Å². The highest BCUT2D eigenvalue weighted by molar-refractivity contribution is 9.09. The number of nitrogens with one attached hydrogen (secondary N) is 1. The van der Waals surface area contributed by atoms with Crippen LogP contribution in [-0.4, -0.2) is 27.1 Å². The van der Waals surface area contributed by atoms with Gasteiger partial charge in [-0.25, -0.2) is 0 Å². The number of hydrogen-bond acceptors (Lipinski definition) is 2. The molecule has 102 valence electrons. The van der Waals surface area contributed by atoms with Gasteiger partial charge in [0, 0.05) is 17.9 Å². The molecule has 1 aromatic rings. The Kier molecular flexibility index (Phi) is 5.85. The molecule has 0 saturated heterocycles. The Morgan fingerprint density at radius 1 is 1.56 bits per heavy atom. The topological polar surface area (TPSA) is 46.9 Å². The van der Waals surface area contributed by atoms with E-state index in [9.17, 15) is 4.79 Å². The molecule has 0 aromatic carbocycles. The predicted octanol–water partition coefficient (Wildman–Crippen LogP) is 2.75. The summed E-state index contributed by atoms with van der Waals surface area (Å²) in [6.07, 6.45) is 0.968. The first-order valence-electron chi connectivity index (χ1n) is 6.39. The second-order valence-corrected chi connectivity index (χ2v) is 5.59. The molecule has 0 spiro atoms. The Balaban J connectivity index is 2.74. The number of carbonyl (C=O) groups is 1. The Hall–Kier alpha value is -0.840. The molecule has 0 radical (unpaired) electrons. The molecule has 1 atom stereocenters. The standard InChI is InChI=1S/C13H22BrN3O/c1-5-17-12(7-10(4)16-17)13(18)15-11(8-14)6-9(2)3/h7,9,11H,5-6,8H2,1-4H3,(H,15,18). The molecule has 1 N–H and O–H groups in total. The first kappa shape index (κ1) is 15.2. The second kappa shape index (κ2) is 6.92. The summed E-state index contributed by atoms with van der Waals surface area (Å²) in [5, 5.41) is 8.12. The van der Waals surface area contributed by atoms with Crippen molar-refractivity contribution >= 4 is 21.8 Å². The van der Waals surface area contributed by atoms with E-state index in [0.29, 0.717) is 18.2 Å². The van der Waals surface area contributed by atoms with Crippen LogP contribution in [0, 0.1) is 12.8 Å². The highest BCUT2D eigenvalue weighted by atomic mass is 79.9. The van der Waals surface area contributed by atoms with Crippen molar-refractivity contribution in [2.24, 2.45) is 5.92 Å². The van der Waals surface area contributed by atoms with Gasteiger partial charge in [0.1, 0.15) is 5.69 Å². The van der Waals surface area contributed by atoms with Crippen molar-refractivity contribution in [3.8, 4) is 0 Å². The van der Waals surface area contributed by atoms with Crippen molar-refractivity contribution in [3.63, 3.8) is 0 Å². The SMILES string of the molecule is CCn1nc(C)cc1C(=O)NC(CBr)CC(C)C. The maximum atomic E-state index is 12.2. The fourth-order valence-electron chi connectivity index (χ4n) is 1.96. The van der Waals surface area contributed by atoms with Gasteiger partial charge >= 0.3 is 0 Å². The van der Waals surface area contributed by atoms with Crippen molar-refractivity contribution in [1.29, 1.82) is 0 Å². The molecule has 0 aliphatic heterocycles. The van der Waals surface area contributed by atoms with Crippen LogP contribution in [-0.2, 0) is 6.54 Å². The van der Waals surface area contributed by atoms with Gasteiger partial charge in [0.25, 0.3) is 5.91 Å². The van der Waals surface area contributed by atoms with Gasteiger partial charge in [-0.2, -0.15) is 5.10 Å². The number of aromatic nitrogens is 2. The number of rotatable bonds is 6. The van der Waals surface area contributed by atoms with Crippen molar-refractivity contribution in [1.82, 2.24) is 15.1 Å². The lowest BCUT2D eigenvalue weighted by Crippen LogP contribution is -2.38. The summed E-state index contributed by atoms with van der Waals surface area (Å²) in [6.45, 7) is 8.91. The van der Waals surface area contributed by atoms with E-state index < -0.39 is 0 Å². The number of nitrogens with zero attached hydrogens (tertiary/aromatic N) is 2. The maximum absolute atomic E-state index is 12.2. The highest BCUT2D eigenvalue weighted by Crippen LogP contribution is 2.09. The van der Waals surface area contributed by atoms with E-state index in [4.69, 9.17) is 0 Å². The fourth-order valence-corrected chi connectivity index (χ4v) is 2.38. The Bertz CT molecular complexity index is 401. The average molecular weight is 316 g/mol. The van der Waals surface area contributed by atoms with Crippen LogP contribution in [0.2, 0.25) is 0 Å². The molecule has 0 saturated carbocycles. The molecule has 5 heteroatoms. The lowest BCUT2D eigenvalue weighted by atomic mass is 10.1. The van der Waals surface area contributed by atoms with E-state index in [1.807, 2.05) is 19.9 Å². The number of hydrogen-bond donors (Lipinski definition) is 1. The van der Waals surface area contributed by atoms with Crippen molar-refractivity contribution in [3.05, 3.63) is 17.5 Å². The lowest BCUT2D eigenvalue weighted by molar-refractivity contribution is 0.0926. The van der Waals surface area contributed by atoms with E-state index >= 15 is 0 Å². The van der Waals surface area contributed by atoms with E-state index in [1.165, 1.54) is 0 Å². The van der Waals surface area contributed by atoms with Crippen LogP contribution in [0.25, 0.3) is 0 Å². The first-order chi connectivity index (χ1) is 8.47. The van der Waals surface area contributed by atoms with Crippen molar-refractivity contribution < 1.29 is 4.79 Å². The maximum Gasteiger partial charge on any atom is 0.269 e. The van der Waals surface area contributed by atoms with Gasteiger partial charge in [-0.05, 0) is 32.3 Å². The molecule has 1 amide bonds. The summed E-state index contributed by atoms with van der Waals surface area (Å²) in [7, 11) is 0.